The van der Waals surface area contributed by atoms with Gasteiger partial charge in [-0.3, -0.25) is 9.59 Å². The Morgan fingerprint density at radius 1 is 0.977 bits per heavy atom. The van der Waals surface area contributed by atoms with Crippen LogP contribution in [0.3, 0.4) is 0 Å². The SMILES string of the molecule is CCN1CC(C(=O)Nc2ccc(Oc3cc(Nc4ccccn4)cn4nccc34)c(F)c2)C(=O)N(c2ccc(F)cc2)C1=O. The minimum Gasteiger partial charge on any atom is -0.452 e. The summed E-state index contributed by atoms with van der Waals surface area (Å²) < 4.78 is 36.2. The predicted octanol–water partition coefficient (Wildman–Crippen LogP) is 5.59. The van der Waals surface area contributed by atoms with E-state index in [4.69, 9.17) is 4.74 Å². The average Bonchev–Trinajstić information content (AvgIpc) is 3.49. The van der Waals surface area contributed by atoms with Crippen molar-refractivity contribution in [3.8, 4) is 11.5 Å². The minimum absolute atomic E-state index is 0.0843. The number of halogens is 2. The molecule has 2 N–H and O–H groups in total. The van der Waals surface area contributed by atoms with Crippen LogP contribution in [0.1, 0.15) is 6.92 Å². The van der Waals surface area contributed by atoms with Crippen molar-refractivity contribution >= 4 is 46.2 Å². The number of imide groups is 1. The number of aromatic nitrogens is 3. The largest absolute Gasteiger partial charge is 0.452 e. The van der Waals surface area contributed by atoms with Gasteiger partial charge in [0.05, 0.1) is 23.8 Å². The van der Waals surface area contributed by atoms with Gasteiger partial charge in [-0.2, -0.15) is 5.10 Å². The van der Waals surface area contributed by atoms with Crippen LogP contribution in [0.2, 0.25) is 0 Å². The fourth-order valence-corrected chi connectivity index (χ4v) is 4.80. The van der Waals surface area contributed by atoms with Crippen molar-refractivity contribution < 1.29 is 27.9 Å². The van der Waals surface area contributed by atoms with Gasteiger partial charge >= 0.3 is 6.03 Å². The molecular formula is C31H25F2N7O4. The quantitative estimate of drug-likeness (QED) is 0.224. The van der Waals surface area contributed by atoms with E-state index in [1.54, 1.807) is 54.3 Å². The van der Waals surface area contributed by atoms with Gasteiger partial charge in [0.2, 0.25) is 11.8 Å². The van der Waals surface area contributed by atoms with E-state index in [2.05, 4.69) is 20.7 Å². The summed E-state index contributed by atoms with van der Waals surface area (Å²) in [5.74, 6) is -3.27. The van der Waals surface area contributed by atoms with Crippen molar-refractivity contribution in [3.05, 3.63) is 103 Å². The van der Waals surface area contributed by atoms with Crippen molar-refractivity contribution in [2.75, 3.05) is 28.6 Å². The highest BCUT2D eigenvalue weighted by molar-refractivity contribution is 6.23. The van der Waals surface area contributed by atoms with E-state index in [0.717, 1.165) is 23.1 Å². The highest BCUT2D eigenvalue weighted by atomic mass is 19.1. The third kappa shape index (κ3) is 5.62. The fourth-order valence-electron chi connectivity index (χ4n) is 4.80. The molecular weight excluding hydrogens is 572 g/mol. The maximum Gasteiger partial charge on any atom is 0.331 e. The molecule has 6 rings (SSSR count). The predicted molar refractivity (Wildman–Crippen MR) is 158 cm³/mol. The van der Waals surface area contributed by atoms with E-state index in [1.165, 1.54) is 29.2 Å². The van der Waals surface area contributed by atoms with E-state index in [1.807, 2.05) is 6.07 Å². The molecule has 0 aliphatic carbocycles. The van der Waals surface area contributed by atoms with Gasteiger partial charge in [0.25, 0.3) is 0 Å². The number of nitrogens with zero attached hydrogens (tertiary/aromatic N) is 5. The van der Waals surface area contributed by atoms with E-state index in [-0.39, 0.29) is 30.2 Å². The molecule has 3 aromatic heterocycles. The zero-order chi connectivity index (χ0) is 30.8. The lowest BCUT2D eigenvalue weighted by Gasteiger charge is -2.37. The molecule has 1 fully saturated rings. The number of hydrogen-bond donors (Lipinski definition) is 2. The number of fused-ring (bicyclic) bond motifs is 1. The number of carbonyl (C=O) groups excluding carboxylic acids is 3. The lowest BCUT2D eigenvalue weighted by Crippen LogP contribution is -2.59. The summed E-state index contributed by atoms with van der Waals surface area (Å²) in [6.07, 6.45) is 4.97. The Morgan fingerprint density at radius 3 is 2.52 bits per heavy atom. The molecule has 2 aromatic carbocycles. The summed E-state index contributed by atoms with van der Waals surface area (Å²) in [6.45, 7) is 1.78. The van der Waals surface area contributed by atoms with Gasteiger partial charge in [-0.25, -0.2) is 28.0 Å². The highest BCUT2D eigenvalue weighted by Gasteiger charge is 2.43. The summed E-state index contributed by atoms with van der Waals surface area (Å²) in [5, 5.41) is 9.97. The third-order valence-electron chi connectivity index (χ3n) is 6.99. The third-order valence-corrected chi connectivity index (χ3v) is 6.99. The molecule has 11 nitrogen and oxygen atoms in total. The lowest BCUT2D eigenvalue weighted by molar-refractivity contribution is -0.132. The number of urea groups is 1. The molecule has 0 spiro atoms. The molecule has 4 amide bonds. The van der Waals surface area contributed by atoms with Crippen LogP contribution >= 0.6 is 0 Å². The number of pyridine rings is 2. The van der Waals surface area contributed by atoms with Gasteiger partial charge in [0.15, 0.2) is 17.3 Å². The summed E-state index contributed by atoms with van der Waals surface area (Å²) in [4.78, 5) is 45.9. The average molecular weight is 598 g/mol. The molecule has 1 aliphatic heterocycles. The van der Waals surface area contributed by atoms with Crippen molar-refractivity contribution in [2.45, 2.75) is 6.92 Å². The van der Waals surface area contributed by atoms with Crippen molar-refractivity contribution in [2.24, 2.45) is 5.92 Å². The number of rotatable bonds is 8. The standard InChI is InChI=1S/C31H25F2N7O4/c1-2-38-18-23(30(42)40(31(38)43)22-9-6-19(32)7-10-22)29(41)37-20-8-11-26(24(33)15-20)44-27-16-21(17-39-25(27)12-14-35-39)36-28-5-3-4-13-34-28/h3-17,23H,2,18H2,1H3,(H,34,36)(H,37,41). The Balaban J connectivity index is 1.20. The molecule has 1 aliphatic rings. The van der Waals surface area contributed by atoms with Crippen molar-refractivity contribution in [1.82, 2.24) is 19.5 Å². The number of anilines is 4. The summed E-state index contributed by atoms with van der Waals surface area (Å²) >= 11 is 0. The molecule has 13 heteroatoms. The lowest BCUT2D eigenvalue weighted by atomic mass is 10.0. The van der Waals surface area contributed by atoms with Gasteiger partial charge in [0.1, 0.15) is 23.1 Å². The van der Waals surface area contributed by atoms with Gasteiger partial charge in [-0.15, -0.1) is 0 Å². The molecule has 4 heterocycles. The van der Waals surface area contributed by atoms with Gasteiger partial charge in [-0.1, -0.05) is 6.07 Å². The second-order valence-electron chi connectivity index (χ2n) is 9.85. The van der Waals surface area contributed by atoms with Crippen LogP contribution in [-0.4, -0.2) is 50.4 Å². The van der Waals surface area contributed by atoms with Crippen LogP contribution in [0.4, 0.5) is 36.5 Å². The highest BCUT2D eigenvalue weighted by Crippen LogP contribution is 2.33. The second kappa shape index (κ2) is 11.8. The monoisotopic (exact) mass is 597 g/mol. The fraction of sp³-hybridized carbons (Fsp3) is 0.129. The van der Waals surface area contributed by atoms with Crippen molar-refractivity contribution in [1.29, 1.82) is 0 Å². The first kappa shape index (κ1) is 28.3. The molecule has 0 radical (unpaired) electrons. The van der Waals surface area contributed by atoms with E-state index in [9.17, 15) is 18.8 Å². The zero-order valence-corrected chi connectivity index (χ0v) is 23.3. The first-order valence-electron chi connectivity index (χ1n) is 13.6. The van der Waals surface area contributed by atoms with Crippen molar-refractivity contribution in [3.63, 3.8) is 0 Å². The summed E-state index contributed by atoms with van der Waals surface area (Å²) in [6, 6.07) is 16.9. The number of carbonyl (C=O) groups is 3. The first-order chi connectivity index (χ1) is 21.3. The summed E-state index contributed by atoms with van der Waals surface area (Å²) in [7, 11) is 0. The Morgan fingerprint density at radius 2 is 1.80 bits per heavy atom. The Labute approximate surface area is 249 Å². The Hall–Kier alpha value is -5.85. The molecule has 0 saturated carbocycles. The number of ether oxygens (including phenoxy) is 1. The second-order valence-corrected chi connectivity index (χ2v) is 9.85. The number of benzene rings is 2. The van der Waals surface area contributed by atoms with E-state index < -0.39 is 35.4 Å². The van der Waals surface area contributed by atoms with Crippen LogP contribution < -0.4 is 20.3 Å². The maximum atomic E-state index is 15.3. The van der Waals surface area contributed by atoms with E-state index in [0.29, 0.717) is 22.8 Å². The Bertz CT molecular complexity index is 1860. The van der Waals surface area contributed by atoms with Crippen LogP contribution in [0, 0.1) is 17.6 Å². The smallest absolute Gasteiger partial charge is 0.331 e. The Kier molecular flexibility index (Phi) is 7.58. The molecule has 1 atom stereocenters. The molecule has 1 saturated heterocycles. The number of hydrogen-bond acceptors (Lipinski definition) is 7. The number of nitrogens with one attached hydrogen (secondary N) is 2. The topological polar surface area (TPSA) is 121 Å². The molecule has 44 heavy (non-hydrogen) atoms. The van der Waals surface area contributed by atoms with Crippen LogP contribution in [0.5, 0.6) is 11.5 Å². The van der Waals surface area contributed by atoms with Crippen LogP contribution in [0.15, 0.2) is 91.4 Å². The first-order valence-corrected chi connectivity index (χ1v) is 13.6. The van der Waals surface area contributed by atoms with Gasteiger partial charge in [0, 0.05) is 37.1 Å². The normalized spacial score (nSPS) is 15.0. The molecule has 222 valence electrons. The summed E-state index contributed by atoms with van der Waals surface area (Å²) in [5.41, 5.74) is 1.41. The molecule has 0 bridgehead atoms. The van der Waals surface area contributed by atoms with Crippen LogP contribution in [-0.2, 0) is 9.59 Å². The number of amides is 4. The van der Waals surface area contributed by atoms with Gasteiger partial charge in [-0.05, 0) is 61.5 Å². The maximum absolute atomic E-state index is 15.3. The molecule has 1 unspecified atom stereocenters. The van der Waals surface area contributed by atoms with Gasteiger partial charge < -0.3 is 20.3 Å². The van der Waals surface area contributed by atoms with E-state index >= 15 is 4.39 Å². The molecule has 5 aromatic rings. The zero-order valence-electron chi connectivity index (χ0n) is 23.3. The minimum atomic E-state index is -1.28. The van der Waals surface area contributed by atoms with Crippen LogP contribution in [0.25, 0.3) is 5.52 Å².